The van der Waals surface area contributed by atoms with Gasteiger partial charge in [0, 0.05) is 30.9 Å². The standard InChI is InChI=1S/C52H30OS/c1-2-12-33-26-35(21-20-31(33)10-1)34-13-9-14-36(27-34)50-40-16-5-7-18-42(40)51(43-19-8-6-17-41(43)50)37-22-24-39-44-29-45-49(30-47(44)53-46(39)28-37)54-48-25-23-32-11-3-4-15-38(32)52(45)48/h1-30H. The van der Waals surface area contributed by atoms with Crippen LogP contribution in [0.25, 0.3) is 119 Å². The first-order valence-corrected chi connectivity index (χ1v) is 19.3. The summed E-state index contributed by atoms with van der Waals surface area (Å²) >= 11 is 1.84. The predicted molar refractivity (Wildman–Crippen MR) is 233 cm³/mol. The largest absolute Gasteiger partial charge is 0.456 e. The fraction of sp³-hybridized carbons (Fsp3) is 0. The zero-order valence-electron chi connectivity index (χ0n) is 29.1. The van der Waals surface area contributed by atoms with Gasteiger partial charge in [0.05, 0.1) is 0 Å². The topological polar surface area (TPSA) is 13.1 Å². The molecule has 0 aliphatic heterocycles. The molecule has 10 aromatic carbocycles. The second-order valence-electron chi connectivity index (χ2n) is 14.4. The van der Waals surface area contributed by atoms with Crippen LogP contribution in [0, 0.1) is 0 Å². The molecule has 0 bridgehead atoms. The van der Waals surface area contributed by atoms with Gasteiger partial charge in [0.15, 0.2) is 0 Å². The van der Waals surface area contributed by atoms with Crippen LogP contribution < -0.4 is 0 Å². The van der Waals surface area contributed by atoms with E-state index < -0.39 is 0 Å². The first-order valence-electron chi connectivity index (χ1n) is 18.5. The zero-order valence-corrected chi connectivity index (χ0v) is 30.0. The molecule has 0 unspecified atom stereocenters. The third-order valence-electron chi connectivity index (χ3n) is 11.4. The van der Waals surface area contributed by atoms with Crippen molar-refractivity contribution in [2.45, 2.75) is 0 Å². The Morgan fingerprint density at radius 2 is 0.870 bits per heavy atom. The lowest BCUT2D eigenvalue weighted by Crippen LogP contribution is -1.91. The highest BCUT2D eigenvalue weighted by Crippen LogP contribution is 2.46. The Bertz CT molecular complexity index is 3450. The van der Waals surface area contributed by atoms with Crippen molar-refractivity contribution in [3.63, 3.8) is 0 Å². The molecule has 0 aliphatic rings. The van der Waals surface area contributed by atoms with Crippen LogP contribution >= 0.6 is 11.3 Å². The average Bonchev–Trinajstić information content (AvgIpc) is 3.78. The van der Waals surface area contributed by atoms with E-state index in [1.54, 1.807) is 0 Å². The van der Waals surface area contributed by atoms with E-state index in [9.17, 15) is 0 Å². The molecule has 0 N–H and O–H groups in total. The van der Waals surface area contributed by atoms with E-state index in [0.29, 0.717) is 0 Å². The van der Waals surface area contributed by atoms with E-state index in [-0.39, 0.29) is 0 Å². The summed E-state index contributed by atoms with van der Waals surface area (Å²) in [6.45, 7) is 0. The minimum absolute atomic E-state index is 0.912. The van der Waals surface area contributed by atoms with Crippen LogP contribution in [0.3, 0.4) is 0 Å². The molecule has 0 aliphatic carbocycles. The summed E-state index contributed by atoms with van der Waals surface area (Å²) in [5.41, 5.74) is 9.15. The van der Waals surface area contributed by atoms with Gasteiger partial charge < -0.3 is 4.42 Å². The SMILES string of the molecule is c1cc(-c2ccc3ccccc3c2)cc(-c2c3ccccc3c(-c3ccc4c(c3)oc3cc5sc6ccc7ccccc7c6c5cc34)c3ccccc23)c1. The van der Waals surface area contributed by atoms with E-state index in [0.717, 1.165) is 27.5 Å². The van der Waals surface area contributed by atoms with Crippen LogP contribution in [0.4, 0.5) is 0 Å². The normalized spacial score (nSPS) is 12.1. The van der Waals surface area contributed by atoms with Crippen molar-refractivity contribution in [2.75, 3.05) is 0 Å². The number of thiophene rings is 1. The molecule has 0 amide bonds. The summed E-state index contributed by atoms with van der Waals surface area (Å²) < 4.78 is 9.28. The van der Waals surface area contributed by atoms with Gasteiger partial charge in [0.1, 0.15) is 11.2 Å². The summed E-state index contributed by atoms with van der Waals surface area (Å²) in [5, 5.41) is 15.0. The van der Waals surface area contributed by atoms with E-state index in [1.165, 1.54) is 91.1 Å². The molecule has 12 rings (SSSR count). The summed E-state index contributed by atoms with van der Waals surface area (Å²) in [4.78, 5) is 0. The molecule has 2 aromatic heterocycles. The zero-order chi connectivity index (χ0) is 35.3. The highest BCUT2D eigenvalue weighted by molar-refractivity contribution is 7.26. The fourth-order valence-electron chi connectivity index (χ4n) is 8.95. The summed E-state index contributed by atoms with van der Waals surface area (Å²) in [6, 6.07) is 66.8. The highest BCUT2D eigenvalue weighted by Gasteiger charge is 2.19. The van der Waals surface area contributed by atoms with Crippen LogP contribution in [0.2, 0.25) is 0 Å². The molecular formula is C52H30OS. The molecule has 2 heteroatoms. The first-order chi connectivity index (χ1) is 26.7. The van der Waals surface area contributed by atoms with E-state index in [4.69, 9.17) is 4.42 Å². The molecule has 0 saturated carbocycles. The molecule has 0 radical (unpaired) electrons. The van der Waals surface area contributed by atoms with E-state index >= 15 is 0 Å². The Labute approximate surface area is 314 Å². The van der Waals surface area contributed by atoms with Crippen LogP contribution in [-0.2, 0) is 0 Å². The number of rotatable bonds is 3. The summed E-state index contributed by atoms with van der Waals surface area (Å²) in [7, 11) is 0. The van der Waals surface area contributed by atoms with Gasteiger partial charge in [-0.3, -0.25) is 0 Å². The quantitative estimate of drug-likeness (QED) is 0.167. The van der Waals surface area contributed by atoms with Crippen LogP contribution in [0.5, 0.6) is 0 Å². The van der Waals surface area contributed by atoms with Gasteiger partial charge in [-0.1, -0.05) is 140 Å². The van der Waals surface area contributed by atoms with Crippen LogP contribution in [-0.4, -0.2) is 0 Å². The minimum atomic E-state index is 0.912. The maximum atomic E-state index is 6.71. The Kier molecular flexibility index (Phi) is 6.28. The molecule has 12 aromatic rings. The lowest BCUT2D eigenvalue weighted by molar-refractivity contribution is 0.669. The molecule has 54 heavy (non-hydrogen) atoms. The van der Waals surface area contributed by atoms with Gasteiger partial charge >= 0.3 is 0 Å². The second kappa shape index (κ2) is 11.4. The molecule has 2 heterocycles. The fourth-order valence-corrected chi connectivity index (χ4v) is 10.1. The number of furan rings is 1. The Morgan fingerprint density at radius 3 is 1.63 bits per heavy atom. The maximum absolute atomic E-state index is 6.71. The van der Waals surface area contributed by atoms with Crippen molar-refractivity contribution < 1.29 is 4.42 Å². The molecule has 1 nitrogen and oxygen atoms in total. The number of fused-ring (bicyclic) bond motifs is 11. The van der Waals surface area contributed by atoms with Crippen molar-refractivity contribution >= 4 is 96.5 Å². The molecule has 0 atom stereocenters. The Balaban J connectivity index is 1.05. The number of benzene rings is 10. The monoisotopic (exact) mass is 702 g/mol. The lowest BCUT2D eigenvalue weighted by Gasteiger charge is -2.18. The number of hydrogen-bond acceptors (Lipinski definition) is 2. The smallest absolute Gasteiger partial charge is 0.136 e. The van der Waals surface area contributed by atoms with Gasteiger partial charge in [-0.05, 0) is 119 Å². The third kappa shape index (κ3) is 4.38. The molecule has 0 saturated heterocycles. The van der Waals surface area contributed by atoms with Crippen molar-refractivity contribution in [1.29, 1.82) is 0 Å². The number of hydrogen-bond donors (Lipinski definition) is 0. The molecule has 0 fully saturated rings. The van der Waals surface area contributed by atoms with Gasteiger partial charge in [-0.25, -0.2) is 0 Å². The van der Waals surface area contributed by atoms with Gasteiger partial charge in [-0.2, -0.15) is 0 Å². The summed E-state index contributed by atoms with van der Waals surface area (Å²) in [5.74, 6) is 0. The Morgan fingerprint density at radius 1 is 0.296 bits per heavy atom. The van der Waals surface area contributed by atoms with Crippen LogP contribution in [0.15, 0.2) is 186 Å². The molecular weight excluding hydrogens is 673 g/mol. The highest BCUT2D eigenvalue weighted by atomic mass is 32.1. The van der Waals surface area contributed by atoms with Crippen LogP contribution in [0.1, 0.15) is 0 Å². The lowest BCUT2D eigenvalue weighted by atomic mass is 9.85. The predicted octanol–water partition coefficient (Wildman–Crippen LogP) is 15.6. The van der Waals surface area contributed by atoms with Gasteiger partial charge in [0.2, 0.25) is 0 Å². The van der Waals surface area contributed by atoms with Gasteiger partial charge in [0.25, 0.3) is 0 Å². The summed E-state index contributed by atoms with van der Waals surface area (Å²) in [6.07, 6.45) is 0. The minimum Gasteiger partial charge on any atom is -0.456 e. The van der Waals surface area contributed by atoms with E-state index in [1.807, 2.05) is 11.3 Å². The Hall–Kier alpha value is -6.74. The van der Waals surface area contributed by atoms with Crippen molar-refractivity contribution in [1.82, 2.24) is 0 Å². The van der Waals surface area contributed by atoms with E-state index in [2.05, 4.69) is 182 Å². The van der Waals surface area contributed by atoms with Crippen molar-refractivity contribution in [2.24, 2.45) is 0 Å². The maximum Gasteiger partial charge on any atom is 0.136 e. The van der Waals surface area contributed by atoms with Gasteiger partial charge in [-0.15, -0.1) is 11.3 Å². The second-order valence-corrected chi connectivity index (χ2v) is 15.5. The van der Waals surface area contributed by atoms with Crippen molar-refractivity contribution in [3.05, 3.63) is 182 Å². The average molecular weight is 703 g/mol. The molecule has 0 spiro atoms. The third-order valence-corrected chi connectivity index (χ3v) is 12.5. The van der Waals surface area contributed by atoms with Crippen molar-refractivity contribution in [3.8, 4) is 33.4 Å². The first kappa shape index (κ1) is 29.8. The molecule has 250 valence electrons.